The summed E-state index contributed by atoms with van der Waals surface area (Å²) in [6, 6.07) is 4.12. The van der Waals surface area contributed by atoms with Crippen molar-refractivity contribution < 1.29 is 9.90 Å². The Morgan fingerprint density at radius 2 is 2.19 bits per heavy atom. The van der Waals surface area contributed by atoms with Crippen LogP contribution in [0.15, 0.2) is 17.5 Å². The van der Waals surface area contributed by atoms with Crippen LogP contribution in [0.25, 0.3) is 0 Å². The molecule has 1 saturated carbocycles. The fourth-order valence-corrected chi connectivity index (χ4v) is 3.65. The lowest BCUT2D eigenvalue weighted by Crippen LogP contribution is -2.18. The highest BCUT2D eigenvalue weighted by Crippen LogP contribution is 2.39. The van der Waals surface area contributed by atoms with Crippen LogP contribution in [-0.4, -0.2) is 11.1 Å². The average Bonchev–Trinajstić information content (AvgIpc) is 2.80. The van der Waals surface area contributed by atoms with Gasteiger partial charge in [-0.3, -0.25) is 4.79 Å². The van der Waals surface area contributed by atoms with Crippen molar-refractivity contribution in [3.05, 3.63) is 22.4 Å². The van der Waals surface area contributed by atoms with Crippen molar-refractivity contribution in [2.45, 2.75) is 44.4 Å². The van der Waals surface area contributed by atoms with Crippen LogP contribution < -0.4 is 0 Å². The molecule has 0 aromatic carbocycles. The van der Waals surface area contributed by atoms with Gasteiger partial charge >= 0.3 is 5.97 Å². The Bertz CT molecular complexity index is 326. The van der Waals surface area contributed by atoms with Gasteiger partial charge in [0.05, 0.1) is 6.42 Å². The largest absolute Gasteiger partial charge is 0.481 e. The quantitative estimate of drug-likeness (QED) is 0.864. The molecule has 0 radical (unpaired) electrons. The first-order chi connectivity index (χ1) is 7.77. The van der Waals surface area contributed by atoms with Crippen LogP contribution >= 0.6 is 11.3 Å². The predicted octanol–water partition coefficient (Wildman–Crippen LogP) is 3.89. The summed E-state index contributed by atoms with van der Waals surface area (Å²) in [5, 5.41) is 11.1. The molecule has 1 aliphatic rings. The number of hydrogen-bond acceptors (Lipinski definition) is 2. The first-order valence-corrected chi connectivity index (χ1v) is 6.90. The summed E-state index contributed by atoms with van der Waals surface area (Å²) in [6.07, 6.45) is 6.57. The monoisotopic (exact) mass is 238 g/mol. The van der Waals surface area contributed by atoms with E-state index in [0.29, 0.717) is 12.3 Å². The molecule has 88 valence electrons. The van der Waals surface area contributed by atoms with Crippen molar-refractivity contribution >= 4 is 17.3 Å². The molecule has 1 aromatic heterocycles. The highest BCUT2D eigenvalue weighted by atomic mass is 32.1. The molecule has 1 aliphatic carbocycles. The van der Waals surface area contributed by atoms with Crippen molar-refractivity contribution in [3.8, 4) is 0 Å². The van der Waals surface area contributed by atoms with Gasteiger partial charge in [0.2, 0.25) is 0 Å². The standard InChI is InChI=1S/C13H18O2S/c14-13(15)9-11(12-7-4-8-16-12)10-5-2-1-3-6-10/h4,7-8,10-11H,1-3,5-6,9H2,(H,14,15). The van der Waals surface area contributed by atoms with E-state index in [1.807, 2.05) is 11.4 Å². The van der Waals surface area contributed by atoms with Crippen LogP contribution in [-0.2, 0) is 4.79 Å². The summed E-state index contributed by atoms with van der Waals surface area (Å²) in [7, 11) is 0. The first kappa shape index (κ1) is 11.6. The van der Waals surface area contributed by atoms with E-state index in [0.717, 1.165) is 0 Å². The topological polar surface area (TPSA) is 37.3 Å². The molecule has 0 amide bonds. The Balaban J connectivity index is 2.10. The second-order valence-corrected chi connectivity index (χ2v) is 5.60. The number of carboxylic acid groups (broad SMARTS) is 1. The molecule has 2 nitrogen and oxygen atoms in total. The Labute approximate surface area is 100 Å². The van der Waals surface area contributed by atoms with Crippen molar-refractivity contribution in [1.82, 2.24) is 0 Å². The minimum absolute atomic E-state index is 0.248. The second kappa shape index (κ2) is 5.48. The van der Waals surface area contributed by atoms with Crippen LogP contribution in [0.2, 0.25) is 0 Å². The molecule has 3 heteroatoms. The summed E-state index contributed by atoms with van der Waals surface area (Å²) in [5.74, 6) is 0.172. The summed E-state index contributed by atoms with van der Waals surface area (Å²) in [6.45, 7) is 0. The molecular formula is C13H18O2S. The lowest BCUT2D eigenvalue weighted by Gasteiger charge is -2.28. The predicted molar refractivity (Wildman–Crippen MR) is 65.9 cm³/mol. The number of rotatable bonds is 4. The van der Waals surface area contributed by atoms with Crippen molar-refractivity contribution in [2.24, 2.45) is 5.92 Å². The zero-order valence-electron chi connectivity index (χ0n) is 9.39. The molecule has 2 rings (SSSR count). The summed E-state index contributed by atoms with van der Waals surface area (Å²) < 4.78 is 0. The number of thiophene rings is 1. The lowest BCUT2D eigenvalue weighted by atomic mass is 9.78. The van der Waals surface area contributed by atoms with Crippen LogP contribution in [0.4, 0.5) is 0 Å². The van der Waals surface area contributed by atoms with E-state index in [2.05, 4.69) is 6.07 Å². The average molecular weight is 238 g/mol. The van der Waals surface area contributed by atoms with E-state index in [1.165, 1.54) is 37.0 Å². The van der Waals surface area contributed by atoms with Gasteiger partial charge in [0.15, 0.2) is 0 Å². The summed E-state index contributed by atoms with van der Waals surface area (Å²) in [5.41, 5.74) is 0. The van der Waals surface area contributed by atoms with Gasteiger partial charge in [-0.1, -0.05) is 25.3 Å². The van der Waals surface area contributed by atoms with Gasteiger partial charge in [-0.15, -0.1) is 11.3 Å². The van der Waals surface area contributed by atoms with Crippen molar-refractivity contribution in [2.75, 3.05) is 0 Å². The second-order valence-electron chi connectivity index (χ2n) is 4.62. The molecule has 0 bridgehead atoms. The Morgan fingerprint density at radius 3 is 2.75 bits per heavy atom. The van der Waals surface area contributed by atoms with Gasteiger partial charge in [0, 0.05) is 10.8 Å². The van der Waals surface area contributed by atoms with E-state index in [-0.39, 0.29) is 5.92 Å². The normalized spacial score (nSPS) is 19.5. The molecule has 0 aliphatic heterocycles. The third-order valence-corrected chi connectivity index (χ3v) is 4.53. The third-order valence-electron chi connectivity index (χ3n) is 3.52. The van der Waals surface area contributed by atoms with Crippen molar-refractivity contribution in [3.63, 3.8) is 0 Å². The Kier molecular flexibility index (Phi) is 3.99. The molecule has 1 N–H and O–H groups in total. The fourth-order valence-electron chi connectivity index (χ4n) is 2.73. The van der Waals surface area contributed by atoms with Gasteiger partial charge in [0.25, 0.3) is 0 Å². The van der Waals surface area contributed by atoms with E-state index < -0.39 is 5.97 Å². The number of carbonyl (C=O) groups is 1. The van der Waals surface area contributed by atoms with E-state index in [4.69, 9.17) is 5.11 Å². The van der Waals surface area contributed by atoms with Crippen LogP contribution in [0.1, 0.15) is 49.3 Å². The number of aliphatic carboxylic acids is 1. The van der Waals surface area contributed by atoms with Crippen LogP contribution in [0, 0.1) is 5.92 Å². The third kappa shape index (κ3) is 2.85. The van der Waals surface area contributed by atoms with E-state index >= 15 is 0 Å². The highest BCUT2D eigenvalue weighted by molar-refractivity contribution is 7.10. The Hall–Kier alpha value is -0.830. The van der Waals surface area contributed by atoms with Crippen molar-refractivity contribution in [1.29, 1.82) is 0 Å². The van der Waals surface area contributed by atoms with Gasteiger partial charge in [-0.25, -0.2) is 0 Å². The van der Waals surface area contributed by atoms with E-state index in [1.54, 1.807) is 11.3 Å². The maximum Gasteiger partial charge on any atom is 0.304 e. The maximum atomic E-state index is 11.0. The van der Waals surface area contributed by atoms with Gasteiger partial charge < -0.3 is 5.11 Å². The highest BCUT2D eigenvalue weighted by Gasteiger charge is 2.27. The molecule has 1 aromatic rings. The molecular weight excluding hydrogens is 220 g/mol. The maximum absolute atomic E-state index is 11.0. The summed E-state index contributed by atoms with van der Waals surface area (Å²) in [4.78, 5) is 12.2. The first-order valence-electron chi connectivity index (χ1n) is 6.02. The molecule has 1 atom stereocenters. The molecule has 1 heterocycles. The molecule has 1 unspecified atom stereocenters. The molecule has 16 heavy (non-hydrogen) atoms. The van der Waals surface area contributed by atoms with Gasteiger partial charge in [-0.2, -0.15) is 0 Å². The summed E-state index contributed by atoms with van der Waals surface area (Å²) >= 11 is 1.70. The minimum Gasteiger partial charge on any atom is -0.481 e. The number of carboxylic acids is 1. The zero-order chi connectivity index (χ0) is 11.4. The minimum atomic E-state index is -0.663. The lowest BCUT2D eigenvalue weighted by molar-refractivity contribution is -0.137. The molecule has 0 spiro atoms. The molecule has 1 fully saturated rings. The van der Waals surface area contributed by atoms with Crippen LogP contribution in [0.3, 0.4) is 0 Å². The van der Waals surface area contributed by atoms with Gasteiger partial charge in [0.1, 0.15) is 0 Å². The number of hydrogen-bond donors (Lipinski definition) is 1. The SMILES string of the molecule is O=C(O)CC(c1cccs1)C1CCCCC1. The molecule has 0 saturated heterocycles. The van der Waals surface area contributed by atoms with Gasteiger partial charge in [-0.05, 0) is 30.2 Å². The van der Waals surface area contributed by atoms with Crippen LogP contribution in [0.5, 0.6) is 0 Å². The fraction of sp³-hybridized carbons (Fsp3) is 0.615. The van der Waals surface area contributed by atoms with E-state index in [9.17, 15) is 4.79 Å². The smallest absolute Gasteiger partial charge is 0.304 e. The Morgan fingerprint density at radius 1 is 1.44 bits per heavy atom. The zero-order valence-corrected chi connectivity index (χ0v) is 10.2.